The molecule has 0 radical (unpaired) electrons. The molecular weight excluding hydrogens is 240 g/mol. The molecule has 0 aliphatic heterocycles. The highest BCUT2D eigenvalue weighted by Crippen LogP contribution is 2.24. The van der Waals surface area contributed by atoms with E-state index < -0.39 is 0 Å². The fourth-order valence-corrected chi connectivity index (χ4v) is 3.11. The maximum absolute atomic E-state index is 2.39. The molecule has 2 aromatic rings. The molecule has 1 aliphatic rings. The smallest absolute Gasteiger partial charge is 0.00881 e. The highest BCUT2D eigenvalue weighted by molar-refractivity contribution is 5.61. The van der Waals surface area contributed by atoms with E-state index in [1.807, 2.05) is 0 Å². The summed E-state index contributed by atoms with van der Waals surface area (Å²) in [4.78, 5) is 0. The van der Waals surface area contributed by atoms with Crippen molar-refractivity contribution in [3.05, 3.63) is 75.9 Å². The summed E-state index contributed by atoms with van der Waals surface area (Å²) < 4.78 is 0. The molecule has 0 aromatic heterocycles. The number of rotatable bonds is 4. The topological polar surface area (TPSA) is 0 Å². The molecule has 0 unspecified atom stereocenters. The molecule has 0 amide bonds. The van der Waals surface area contributed by atoms with E-state index in [2.05, 4.69) is 62.4 Å². The third-order valence-electron chi connectivity index (χ3n) is 4.39. The molecule has 0 nitrogen and oxygen atoms in total. The number of fused-ring (bicyclic) bond motifs is 1. The second-order valence-corrected chi connectivity index (χ2v) is 5.86. The van der Waals surface area contributed by atoms with Crippen LogP contribution in [0, 0.1) is 13.8 Å². The van der Waals surface area contributed by atoms with Crippen molar-refractivity contribution in [3.8, 4) is 0 Å². The van der Waals surface area contributed by atoms with Gasteiger partial charge in [-0.05, 0) is 72.9 Å². The average Bonchev–Trinajstić information content (AvgIpc) is 2.88. The number of benzene rings is 2. The average molecular weight is 262 g/mol. The molecule has 0 spiro atoms. The number of aryl methyl sites for hydroxylation is 4. The van der Waals surface area contributed by atoms with Crippen LogP contribution in [0.5, 0.6) is 0 Å². The van der Waals surface area contributed by atoms with E-state index in [4.69, 9.17) is 0 Å². The predicted octanol–water partition coefficient (Wildman–Crippen LogP) is 5.05. The van der Waals surface area contributed by atoms with Gasteiger partial charge in [0.25, 0.3) is 0 Å². The summed E-state index contributed by atoms with van der Waals surface area (Å²) in [5.41, 5.74) is 8.81. The highest BCUT2D eigenvalue weighted by atomic mass is 14.1. The van der Waals surface area contributed by atoms with Gasteiger partial charge in [0.05, 0.1) is 0 Å². The van der Waals surface area contributed by atoms with Gasteiger partial charge in [-0.25, -0.2) is 0 Å². The summed E-state index contributed by atoms with van der Waals surface area (Å²) in [5.74, 6) is 0. The number of allylic oxidation sites excluding steroid dienone is 1. The lowest BCUT2D eigenvalue weighted by Gasteiger charge is -2.10. The van der Waals surface area contributed by atoms with E-state index in [0.717, 1.165) is 6.42 Å². The summed E-state index contributed by atoms with van der Waals surface area (Å²) >= 11 is 0. The normalized spacial score (nSPS) is 12.7. The molecule has 0 atom stereocenters. The van der Waals surface area contributed by atoms with Gasteiger partial charge in [-0.1, -0.05) is 48.6 Å². The lowest BCUT2D eigenvalue weighted by Crippen LogP contribution is -1.96. The zero-order valence-electron chi connectivity index (χ0n) is 12.4. The first kappa shape index (κ1) is 13.2. The standard InChI is InChI=1S/C20H22/c1-15-7-3-4-8-17(15)9-5-10-18-14-20-12-6-11-19(20)13-16(18)2/h3-4,6-8,12-14H,5,9-11H2,1-2H3. The molecule has 0 saturated carbocycles. The molecule has 2 aromatic carbocycles. The van der Waals surface area contributed by atoms with Crippen molar-refractivity contribution in [2.45, 2.75) is 39.5 Å². The Morgan fingerprint density at radius 3 is 2.55 bits per heavy atom. The Labute approximate surface area is 122 Å². The summed E-state index contributed by atoms with van der Waals surface area (Å²) in [6.45, 7) is 4.46. The van der Waals surface area contributed by atoms with Crippen LogP contribution in [0.1, 0.15) is 39.8 Å². The molecule has 20 heavy (non-hydrogen) atoms. The van der Waals surface area contributed by atoms with E-state index in [0.29, 0.717) is 0 Å². The minimum absolute atomic E-state index is 1.11. The molecule has 102 valence electrons. The van der Waals surface area contributed by atoms with Crippen LogP contribution in [0.3, 0.4) is 0 Å². The van der Waals surface area contributed by atoms with Crippen molar-refractivity contribution >= 4 is 6.08 Å². The van der Waals surface area contributed by atoms with Crippen LogP contribution in [0.4, 0.5) is 0 Å². The van der Waals surface area contributed by atoms with Gasteiger partial charge < -0.3 is 0 Å². The number of hydrogen-bond acceptors (Lipinski definition) is 0. The predicted molar refractivity (Wildman–Crippen MR) is 87.1 cm³/mol. The van der Waals surface area contributed by atoms with Gasteiger partial charge in [0.1, 0.15) is 0 Å². The summed E-state index contributed by atoms with van der Waals surface area (Å²) in [5, 5.41) is 0. The molecular formula is C20H22. The van der Waals surface area contributed by atoms with E-state index in [1.54, 1.807) is 0 Å². The Bertz CT molecular complexity index is 647. The van der Waals surface area contributed by atoms with Crippen molar-refractivity contribution < 1.29 is 0 Å². The summed E-state index contributed by atoms with van der Waals surface area (Å²) in [7, 11) is 0. The van der Waals surface area contributed by atoms with Crippen molar-refractivity contribution in [1.29, 1.82) is 0 Å². The zero-order chi connectivity index (χ0) is 13.9. The Hall–Kier alpha value is -1.82. The molecule has 0 N–H and O–H groups in total. The minimum Gasteiger partial charge on any atom is -0.0795 e. The molecule has 0 bridgehead atoms. The van der Waals surface area contributed by atoms with Crippen LogP contribution in [0.2, 0.25) is 0 Å². The molecule has 3 rings (SSSR count). The quantitative estimate of drug-likeness (QED) is 0.723. The van der Waals surface area contributed by atoms with Gasteiger partial charge in [-0.15, -0.1) is 0 Å². The first-order valence-corrected chi connectivity index (χ1v) is 7.57. The second kappa shape index (κ2) is 5.66. The number of hydrogen-bond donors (Lipinski definition) is 0. The minimum atomic E-state index is 1.11. The van der Waals surface area contributed by atoms with E-state index >= 15 is 0 Å². The van der Waals surface area contributed by atoms with Crippen LogP contribution in [-0.4, -0.2) is 0 Å². The Morgan fingerprint density at radius 1 is 0.900 bits per heavy atom. The van der Waals surface area contributed by atoms with E-state index in [9.17, 15) is 0 Å². The summed E-state index contributed by atoms with van der Waals surface area (Å²) in [6.07, 6.45) is 9.23. The van der Waals surface area contributed by atoms with Gasteiger partial charge in [-0.3, -0.25) is 0 Å². The lowest BCUT2D eigenvalue weighted by molar-refractivity contribution is 0.811. The lowest BCUT2D eigenvalue weighted by atomic mass is 9.95. The van der Waals surface area contributed by atoms with Crippen LogP contribution in [-0.2, 0) is 19.3 Å². The van der Waals surface area contributed by atoms with Crippen LogP contribution >= 0.6 is 0 Å². The van der Waals surface area contributed by atoms with Crippen LogP contribution in [0.25, 0.3) is 6.08 Å². The SMILES string of the molecule is Cc1ccccc1CCCc1cc2c(cc1C)CC=C2. The Kier molecular flexibility index (Phi) is 3.73. The Balaban J connectivity index is 1.67. The molecule has 0 saturated heterocycles. The molecule has 0 fully saturated rings. The van der Waals surface area contributed by atoms with Gasteiger partial charge in [0, 0.05) is 0 Å². The first-order chi connectivity index (χ1) is 9.74. The third kappa shape index (κ3) is 2.70. The van der Waals surface area contributed by atoms with Gasteiger partial charge in [-0.2, -0.15) is 0 Å². The van der Waals surface area contributed by atoms with Gasteiger partial charge in [0.15, 0.2) is 0 Å². The fourth-order valence-electron chi connectivity index (χ4n) is 3.11. The van der Waals surface area contributed by atoms with Crippen molar-refractivity contribution in [2.24, 2.45) is 0 Å². The van der Waals surface area contributed by atoms with E-state index in [1.165, 1.54) is 52.6 Å². The zero-order valence-corrected chi connectivity index (χ0v) is 12.4. The summed E-state index contributed by atoms with van der Waals surface area (Å²) in [6, 6.07) is 13.5. The Morgan fingerprint density at radius 2 is 1.70 bits per heavy atom. The largest absolute Gasteiger partial charge is 0.0795 e. The maximum atomic E-state index is 2.39. The third-order valence-corrected chi connectivity index (χ3v) is 4.39. The van der Waals surface area contributed by atoms with Gasteiger partial charge >= 0.3 is 0 Å². The monoisotopic (exact) mass is 262 g/mol. The van der Waals surface area contributed by atoms with Crippen LogP contribution in [0.15, 0.2) is 42.5 Å². The molecule has 0 heterocycles. The van der Waals surface area contributed by atoms with E-state index in [-0.39, 0.29) is 0 Å². The van der Waals surface area contributed by atoms with Gasteiger partial charge in [0.2, 0.25) is 0 Å². The van der Waals surface area contributed by atoms with Crippen molar-refractivity contribution in [1.82, 2.24) is 0 Å². The fraction of sp³-hybridized carbons (Fsp3) is 0.300. The van der Waals surface area contributed by atoms with Crippen molar-refractivity contribution in [2.75, 3.05) is 0 Å². The van der Waals surface area contributed by atoms with Crippen molar-refractivity contribution in [3.63, 3.8) is 0 Å². The maximum Gasteiger partial charge on any atom is -0.00881 e. The molecule has 0 heteroatoms. The first-order valence-electron chi connectivity index (χ1n) is 7.57. The second-order valence-electron chi connectivity index (χ2n) is 5.86. The molecule has 1 aliphatic carbocycles. The van der Waals surface area contributed by atoms with Crippen LogP contribution < -0.4 is 0 Å². The highest BCUT2D eigenvalue weighted by Gasteiger charge is 2.08.